The van der Waals surface area contributed by atoms with Crippen LogP contribution in [0.3, 0.4) is 0 Å². The largest absolute Gasteiger partial charge is 0.358 e. The Labute approximate surface area is 106 Å². The lowest BCUT2D eigenvalue weighted by Crippen LogP contribution is -2.23. The van der Waals surface area contributed by atoms with Gasteiger partial charge >= 0.3 is 0 Å². The molecule has 2 nitrogen and oxygen atoms in total. The number of nitrogens with zero attached hydrogens (tertiary/aromatic N) is 1. The summed E-state index contributed by atoms with van der Waals surface area (Å²) in [5.41, 5.74) is 1.41. The topological polar surface area (TPSA) is 24.4 Å². The molecule has 16 heavy (non-hydrogen) atoms. The van der Waals surface area contributed by atoms with Gasteiger partial charge in [-0.1, -0.05) is 11.8 Å². The van der Waals surface area contributed by atoms with Gasteiger partial charge in [-0.2, -0.15) is 0 Å². The number of amidine groups is 1. The van der Waals surface area contributed by atoms with E-state index in [-0.39, 0.29) is 0 Å². The first-order valence-electron chi connectivity index (χ1n) is 5.60. The molecule has 0 fully saturated rings. The molecule has 88 valence electrons. The third-order valence-electron chi connectivity index (χ3n) is 2.68. The molecule has 2 unspecified atom stereocenters. The first-order valence-corrected chi connectivity index (χ1v) is 7.40. The molecule has 2 heterocycles. The molecule has 4 heteroatoms. The van der Waals surface area contributed by atoms with Crippen LogP contribution in [0.4, 0.5) is 0 Å². The van der Waals surface area contributed by atoms with Crippen molar-refractivity contribution in [2.75, 3.05) is 5.75 Å². The maximum absolute atomic E-state index is 4.56. The molecule has 0 amide bonds. The summed E-state index contributed by atoms with van der Waals surface area (Å²) in [6.45, 7) is 8.72. The molecular weight excluding hydrogens is 236 g/mol. The van der Waals surface area contributed by atoms with Gasteiger partial charge in [0, 0.05) is 15.5 Å². The maximum Gasteiger partial charge on any atom is 0.157 e. The van der Waals surface area contributed by atoms with Crippen molar-refractivity contribution < 1.29 is 0 Å². The standard InChI is InChI=1S/C12H18N2S2/c1-7-6-15-12(13-7)14-9(3)11-5-8(2)16-10(11)4/h5,7,9H,6H2,1-4H3,(H,13,14). The van der Waals surface area contributed by atoms with Crippen LogP contribution in [0.15, 0.2) is 11.1 Å². The molecule has 1 aliphatic rings. The summed E-state index contributed by atoms with van der Waals surface area (Å²) in [7, 11) is 0. The Morgan fingerprint density at radius 3 is 2.75 bits per heavy atom. The van der Waals surface area contributed by atoms with Crippen molar-refractivity contribution in [1.29, 1.82) is 0 Å². The van der Waals surface area contributed by atoms with Crippen LogP contribution < -0.4 is 5.32 Å². The zero-order valence-electron chi connectivity index (χ0n) is 10.2. The van der Waals surface area contributed by atoms with Crippen LogP contribution in [0, 0.1) is 13.8 Å². The first-order chi connectivity index (χ1) is 7.56. The number of nitrogens with one attached hydrogen (secondary N) is 1. The van der Waals surface area contributed by atoms with Crippen LogP contribution in [0.25, 0.3) is 0 Å². The molecular formula is C12H18N2S2. The fourth-order valence-electron chi connectivity index (χ4n) is 1.90. The van der Waals surface area contributed by atoms with E-state index in [0.717, 1.165) is 10.9 Å². The van der Waals surface area contributed by atoms with E-state index in [1.165, 1.54) is 15.3 Å². The zero-order chi connectivity index (χ0) is 11.7. The highest BCUT2D eigenvalue weighted by molar-refractivity contribution is 8.14. The van der Waals surface area contributed by atoms with Crippen molar-refractivity contribution in [2.24, 2.45) is 4.99 Å². The Bertz CT molecular complexity index is 409. The summed E-state index contributed by atoms with van der Waals surface area (Å²) in [6, 6.07) is 3.10. The van der Waals surface area contributed by atoms with Crippen molar-refractivity contribution in [3.8, 4) is 0 Å². The average molecular weight is 254 g/mol. The van der Waals surface area contributed by atoms with E-state index in [2.05, 4.69) is 44.1 Å². The van der Waals surface area contributed by atoms with E-state index in [4.69, 9.17) is 0 Å². The van der Waals surface area contributed by atoms with E-state index in [9.17, 15) is 0 Å². The summed E-state index contributed by atoms with van der Waals surface area (Å²) < 4.78 is 0. The van der Waals surface area contributed by atoms with Gasteiger partial charge in [0.2, 0.25) is 0 Å². The van der Waals surface area contributed by atoms with Crippen LogP contribution in [0.2, 0.25) is 0 Å². The molecule has 2 rings (SSSR count). The lowest BCUT2D eigenvalue weighted by atomic mass is 10.1. The van der Waals surface area contributed by atoms with Gasteiger partial charge in [-0.15, -0.1) is 11.3 Å². The van der Waals surface area contributed by atoms with E-state index < -0.39 is 0 Å². The lowest BCUT2D eigenvalue weighted by Gasteiger charge is -2.14. The molecule has 1 N–H and O–H groups in total. The minimum atomic E-state index is 0.362. The summed E-state index contributed by atoms with van der Waals surface area (Å²) in [6.07, 6.45) is 0. The Morgan fingerprint density at radius 1 is 1.50 bits per heavy atom. The fourth-order valence-corrected chi connectivity index (χ4v) is 3.91. The van der Waals surface area contributed by atoms with Gasteiger partial charge < -0.3 is 5.32 Å². The van der Waals surface area contributed by atoms with E-state index in [1.54, 1.807) is 0 Å². The summed E-state index contributed by atoms with van der Waals surface area (Å²) in [5, 5.41) is 4.60. The van der Waals surface area contributed by atoms with E-state index in [1.807, 2.05) is 23.1 Å². The number of thiophene rings is 1. The fraction of sp³-hybridized carbons (Fsp3) is 0.583. The van der Waals surface area contributed by atoms with Crippen molar-refractivity contribution >= 4 is 28.3 Å². The molecule has 0 aromatic carbocycles. The molecule has 0 aliphatic carbocycles. The van der Waals surface area contributed by atoms with Gasteiger partial charge in [-0.05, 0) is 39.3 Å². The zero-order valence-corrected chi connectivity index (χ0v) is 11.8. The van der Waals surface area contributed by atoms with Gasteiger partial charge in [0.05, 0.1) is 12.1 Å². The molecule has 1 aromatic heterocycles. The highest BCUT2D eigenvalue weighted by atomic mass is 32.2. The SMILES string of the molecule is Cc1cc(C(C)NC2=NC(C)CS2)c(C)s1. The quantitative estimate of drug-likeness (QED) is 0.873. The summed E-state index contributed by atoms with van der Waals surface area (Å²) in [5.74, 6) is 1.11. The van der Waals surface area contributed by atoms with E-state index in [0.29, 0.717) is 12.1 Å². The minimum Gasteiger partial charge on any atom is -0.358 e. The summed E-state index contributed by atoms with van der Waals surface area (Å²) >= 11 is 3.70. The molecule has 0 bridgehead atoms. The van der Waals surface area contributed by atoms with Crippen LogP contribution in [0.5, 0.6) is 0 Å². The van der Waals surface area contributed by atoms with Gasteiger partial charge in [-0.3, -0.25) is 4.99 Å². The third-order valence-corrected chi connectivity index (χ3v) is 4.81. The second kappa shape index (κ2) is 4.80. The van der Waals surface area contributed by atoms with Crippen molar-refractivity contribution in [3.63, 3.8) is 0 Å². The number of aryl methyl sites for hydroxylation is 2. The lowest BCUT2D eigenvalue weighted by molar-refractivity contribution is 0.717. The number of thioether (sulfide) groups is 1. The van der Waals surface area contributed by atoms with Crippen molar-refractivity contribution in [1.82, 2.24) is 5.32 Å². The number of hydrogen-bond acceptors (Lipinski definition) is 4. The normalized spacial score (nSPS) is 22.0. The Morgan fingerprint density at radius 2 is 2.25 bits per heavy atom. The van der Waals surface area contributed by atoms with Gasteiger partial charge in [-0.25, -0.2) is 0 Å². The second-order valence-corrected chi connectivity index (χ2v) is 6.80. The highest BCUT2D eigenvalue weighted by Gasteiger charge is 2.17. The Hall–Kier alpha value is -0.480. The van der Waals surface area contributed by atoms with E-state index >= 15 is 0 Å². The number of aliphatic imine (C=N–C) groups is 1. The predicted octanol–water partition coefficient (Wildman–Crippen LogP) is 3.51. The highest BCUT2D eigenvalue weighted by Crippen LogP contribution is 2.27. The maximum atomic E-state index is 4.56. The molecule has 2 atom stereocenters. The second-order valence-electron chi connectivity index (χ2n) is 4.33. The number of hydrogen-bond donors (Lipinski definition) is 1. The molecule has 1 aromatic rings. The van der Waals surface area contributed by atoms with Crippen LogP contribution >= 0.6 is 23.1 Å². The molecule has 0 saturated carbocycles. The first kappa shape index (κ1) is 12.0. The Kier molecular flexibility index (Phi) is 3.60. The van der Waals surface area contributed by atoms with Crippen LogP contribution in [0.1, 0.15) is 35.2 Å². The smallest absolute Gasteiger partial charge is 0.157 e. The predicted molar refractivity (Wildman–Crippen MR) is 74.7 cm³/mol. The monoisotopic (exact) mass is 254 g/mol. The van der Waals surface area contributed by atoms with Crippen LogP contribution in [-0.2, 0) is 0 Å². The van der Waals surface area contributed by atoms with Crippen molar-refractivity contribution in [3.05, 3.63) is 21.4 Å². The van der Waals surface area contributed by atoms with Gasteiger partial charge in [0.15, 0.2) is 5.17 Å². The third kappa shape index (κ3) is 2.61. The molecule has 0 spiro atoms. The molecule has 0 saturated heterocycles. The Balaban J connectivity index is 2.06. The molecule has 1 aliphatic heterocycles. The average Bonchev–Trinajstić information content (AvgIpc) is 2.73. The van der Waals surface area contributed by atoms with Crippen molar-refractivity contribution in [2.45, 2.75) is 39.8 Å². The molecule has 0 radical (unpaired) electrons. The van der Waals surface area contributed by atoms with Gasteiger partial charge in [0.1, 0.15) is 0 Å². The number of rotatable bonds is 2. The van der Waals surface area contributed by atoms with Crippen LogP contribution in [-0.4, -0.2) is 17.0 Å². The van der Waals surface area contributed by atoms with Gasteiger partial charge in [0.25, 0.3) is 0 Å². The summed E-state index contributed by atoms with van der Waals surface area (Å²) in [4.78, 5) is 7.36. The minimum absolute atomic E-state index is 0.362.